The van der Waals surface area contributed by atoms with Gasteiger partial charge in [0.1, 0.15) is 10.7 Å². The van der Waals surface area contributed by atoms with Gasteiger partial charge in [0, 0.05) is 23.4 Å². The number of nitrogens with two attached hydrogens (primary N) is 1. The van der Waals surface area contributed by atoms with E-state index < -0.39 is 10.0 Å². The number of nitrogen functional groups attached to an aromatic ring is 1. The van der Waals surface area contributed by atoms with E-state index in [9.17, 15) is 8.42 Å². The molecule has 0 spiro atoms. The molecule has 0 unspecified atom stereocenters. The normalized spacial score (nSPS) is 11.3. The van der Waals surface area contributed by atoms with Crippen molar-refractivity contribution >= 4 is 37.5 Å². The van der Waals surface area contributed by atoms with E-state index in [1.165, 1.54) is 19.3 Å². The summed E-state index contributed by atoms with van der Waals surface area (Å²) in [4.78, 5) is 4.13. The van der Waals surface area contributed by atoms with Gasteiger partial charge in [0.05, 0.1) is 0 Å². The van der Waals surface area contributed by atoms with Crippen molar-refractivity contribution in [1.29, 1.82) is 0 Å². The fraction of sp³-hybridized carbons (Fsp3) is 0.0833. The minimum absolute atomic E-state index is 0.112. The molecule has 0 bridgehead atoms. The molecule has 1 aromatic heterocycles. The molecule has 5 nitrogen and oxygen atoms in total. The number of rotatable bonds is 3. The van der Waals surface area contributed by atoms with Crippen LogP contribution in [-0.2, 0) is 10.0 Å². The first-order chi connectivity index (χ1) is 8.93. The standard InChI is InChI=1S/C12H12BrN3O2S/c1-16(12-4-2-3-7-15-12)19(17,18)11-8-9(14)5-6-10(11)13/h2-8H,14H2,1H3. The van der Waals surface area contributed by atoms with Gasteiger partial charge in [-0.2, -0.15) is 0 Å². The fourth-order valence-corrected chi connectivity index (χ4v) is 3.64. The van der Waals surface area contributed by atoms with Crippen LogP contribution in [-0.4, -0.2) is 20.4 Å². The van der Waals surface area contributed by atoms with Crippen LogP contribution in [0.15, 0.2) is 52.0 Å². The highest BCUT2D eigenvalue weighted by Crippen LogP contribution is 2.28. The lowest BCUT2D eigenvalue weighted by Crippen LogP contribution is -2.27. The minimum Gasteiger partial charge on any atom is -0.399 e. The van der Waals surface area contributed by atoms with E-state index in [0.717, 1.165) is 4.31 Å². The van der Waals surface area contributed by atoms with E-state index in [0.29, 0.717) is 16.0 Å². The third kappa shape index (κ3) is 2.71. The molecule has 19 heavy (non-hydrogen) atoms. The SMILES string of the molecule is CN(c1ccccn1)S(=O)(=O)c1cc(N)ccc1Br. The van der Waals surface area contributed by atoms with Crippen LogP contribution in [0.2, 0.25) is 0 Å². The molecular formula is C12H12BrN3O2S. The highest BCUT2D eigenvalue weighted by molar-refractivity contribution is 9.10. The monoisotopic (exact) mass is 341 g/mol. The Bertz CT molecular complexity index is 689. The summed E-state index contributed by atoms with van der Waals surface area (Å²) in [6.07, 6.45) is 1.54. The van der Waals surface area contributed by atoms with E-state index >= 15 is 0 Å². The van der Waals surface area contributed by atoms with Gasteiger partial charge in [0.2, 0.25) is 0 Å². The van der Waals surface area contributed by atoms with Gasteiger partial charge in [0.25, 0.3) is 10.0 Å². The Kier molecular flexibility index (Phi) is 3.77. The lowest BCUT2D eigenvalue weighted by molar-refractivity contribution is 0.593. The van der Waals surface area contributed by atoms with Crippen molar-refractivity contribution in [3.8, 4) is 0 Å². The Morgan fingerprint density at radius 3 is 2.63 bits per heavy atom. The molecule has 0 atom stereocenters. The number of pyridine rings is 1. The van der Waals surface area contributed by atoms with E-state index in [-0.39, 0.29) is 4.90 Å². The van der Waals surface area contributed by atoms with E-state index in [2.05, 4.69) is 20.9 Å². The van der Waals surface area contributed by atoms with Gasteiger partial charge in [-0.25, -0.2) is 13.4 Å². The number of sulfonamides is 1. The van der Waals surface area contributed by atoms with Gasteiger partial charge in [-0.3, -0.25) is 4.31 Å². The molecule has 0 fully saturated rings. The number of benzene rings is 1. The van der Waals surface area contributed by atoms with Gasteiger partial charge in [-0.1, -0.05) is 6.07 Å². The molecule has 2 rings (SSSR count). The molecule has 1 aromatic carbocycles. The maximum atomic E-state index is 12.5. The fourth-order valence-electron chi connectivity index (χ4n) is 1.53. The molecule has 2 aromatic rings. The third-order valence-corrected chi connectivity index (χ3v) is 5.32. The highest BCUT2D eigenvalue weighted by Gasteiger charge is 2.24. The molecule has 0 radical (unpaired) electrons. The maximum absolute atomic E-state index is 12.5. The van der Waals surface area contributed by atoms with Crippen molar-refractivity contribution in [2.75, 3.05) is 17.1 Å². The Balaban J connectivity index is 2.51. The summed E-state index contributed by atoms with van der Waals surface area (Å²) in [6, 6.07) is 9.72. The number of anilines is 2. The Hall–Kier alpha value is -1.60. The molecule has 2 N–H and O–H groups in total. The second kappa shape index (κ2) is 5.18. The van der Waals surface area contributed by atoms with Gasteiger partial charge < -0.3 is 5.73 Å². The van der Waals surface area contributed by atoms with Gasteiger partial charge >= 0.3 is 0 Å². The molecule has 0 aliphatic heterocycles. The van der Waals surface area contributed by atoms with Gasteiger partial charge in [-0.05, 0) is 46.3 Å². The molecule has 100 valence electrons. The molecule has 0 saturated heterocycles. The summed E-state index contributed by atoms with van der Waals surface area (Å²) in [7, 11) is -2.25. The number of halogens is 1. The number of hydrogen-bond acceptors (Lipinski definition) is 4. The van der Waals surface area contributed by atoms with Crippen LogP contribution in [0.4, 0.5) is 11.5 Å². The summed E-state index contributed by atoms with van der Waals surface area (Å²) in [6.45, 7) is 0. The Morgan fingerprint density at radius 2 is 2.00 bits per heavy atom. The maximum Gasteiger partial charge on any atom is 0.266 e. The first-order valence-electron chi connectivity index (χ1n) is 5.38. The van der Waals surface area contributed by atoms with Crippen molar-refractivity contribution in [3.05, 3.63) is 47.1 Å². The van der Waals surface area contributed by atoms with Crippen LogP contribution in [0.5, 0.6) is 0 Å². The number of hydrogen-bond donors (Lipinski definition) is 1. The average molecular weight is 342 g/mol. The summed E-state index contributed by atoms with van der Waals surface area (Å²) in [5, 5.41) is 0. The predicted octanol–water partition coefficient (Wildman–Crippen LogP) is 2.25. The summed E-state index contributed by atoms with van der Waals surface area (Å²) in [5.41, 5.74) is 6.03. The van der Waals surface area contributed by atoms with Crippen LogP contribution in [0.25, 0.3) is 0 Å². The summed E-state index contributed by atoms with van der Waals surface area (Å²) in [5.74, 6) is 0.344. The third-order valence-electron chi connectivity index (χ3n) is 2.57. The molecule has 0 amide bonds. The van der Waals surface area contributed by atoms with Crippen molar-refractivity contribution in [3.63, 3.8) is 0 Å². The molecule has 0 aliphatic carbocycles. The van der Waals surface area contributed by atoms with Crippen LogP contribution < -0.4 is 10.0 Å². The van der Waals surface area contributed by atoms with Crippen LogP contribution in [0, 0.1) is 0 Å². The average Bonchev–Trinajstić information content (AvgIpc) is 2.41. The lowest BCUT2D eigenvalue weighted by Gasteiger charge is -2.19. The van der Waals surface area contributed by atoms with E-state index in [1.807, 2.05) is 0 Å². The zero-order valence-electron chi connectivity index (χ0n) is 10.1. The zero-order valence-corrected chi connectivity index (χ0v) is 12.5. The van der Waals surface area contributed by atoms with Crippen LogP contribution >= 0.6 is 15.9 Å². The number of nitrogens with zero attached hydrogens (tertiary/aromatic N) is 2. The van der Waals surface area contributed by atoms with Crippen LogP contribution in [0.3, 0.4) is 0 Å². The van der Waals surface area contributed by atoms with Gasteiger partial charge in [0.15, 0.2) is 0 Å². The lowest BCUT2D eigenvalue weighted by atomic mass is 10.3. The number of aromatic nitrogens is 1. The predicted molar refractivity (Wildman–Crippen MR) is 78.4 cm³/mol. The van der Waals surface area contributed by atoms with Crippen molar-refractivity contribution in [2.45, 2.75) is 4.90 Å². The minimum atomic E-state index is -3.70. The Labute approximate surface area is 120 Å². The molecule has 0 aliphatic rings. The van der Waals surface area contributed by atoms with Crippen molar-refractivity contribution in [2.24, 2.45) is 0 Å². The first-order valence-corrected chi connectivity index (χ1v) is 7.61. The largest absolute Gasteiger partial charge is 0.399 e. The van der Waals surface area contributed by atoms with E-state index in [4.69, 9.17) is 5.73 Å². The second-order valence-corrected chi connectivity index (χ2v) is 6.64. The van der Waals surface area contributed by atoms with Crippen LogP contribution in [0.1, 0.15) is 0 Å². The van der Waals surface area contributed by atoms with Crippen molar-refractivity contribution < 1.29 is 8.42 Å². The highest BCUT2D eigenvalue weighted by atomic mass is 79.9. The summed E-state index contributed by atoms with van der Waals surface area (Å²) < 4.78 is 26.6. The zero-order chi connectivity index (χ0) is 14.0. The molecular weight excluding hydrogens is 330 g/mol. The van der Waals surface area contributed by atoms with Crippen molar-refractivity contribution in [1.82, 2.24) is 4.98 Å². The first kappa shape index (κ1) is 13.8. The molecule has 0 saturated carbocycles. The topological polar surface area (TPSA) is 76.3 Å². The summed E-state index contributed by atoms with van der Waals surface area (Å²) >= 11 is 3.23. The quantitative estimate of drug-likeness (QED) is 0.868. The van der Waals surface area contributed by atoms with E-state index in [1.54, 1.807) is 30.3 Å². The Morgan fingerprint density at radius 1 is 1.26 bits per heavy atom. The molecule has 7 heteroatoms. The second-order valence-electron chi connectivity index (χ2n) is 3.85. The molecule has 1 heterocycles. The smallest absolute Gasteiger partial charge is 0.266 e. The van der Waals surface area contributed by atoms with Gasteiger partial charge in [-0.15, -0.1) is 0 Å².